The Labute approximate surface area is 186 Å². The van der Waals surface area contributed by atoms with Crippen LogP contribution in [-0.2, 0) is 9.47 Å². The first-order valence-corrected chi connectivity index (χ1v) is 11.1. The highest BCUT2D eigenvalue weighted by molar-refractivity contribution is 6.05. The predicted molar refractivity (Wildman–Crippen MR) is 125 cm³/mol. The van der Waals surface area contributed by atoms with E-state index in [2.05, 4.69) is 0 Å². The molecule has 0 spiro atoms. The molecule has 0 heterocycles. The molecule has 1 saturated carbocycles. The van der Waals surface area contributed by atoms with Crippen LogP contribution in [0.15, 0.2) is 84.9 Å². The molecule has 0 aliphatic heterocycles. The maximum Gasteiger partial charge on any atom is 0.339 e. The summed E-state index contributed by atoms with van der Waals surface area (Å²) >= 11 is 0. The van der Waals surface area contributed by atoms with E-state index in [-0.39, 0.29) is 11.9 Å². The van der Waals surface area contributed by atoms with E-state index in [1.807, 2.05) is 72.8 Å². The number of rotatable bonds is 4. The molecule has 0 unspecified atom stereocenters. The van der Waals surface area contributed by atoms with Crippen molar-refractivity contribution in [1.29, 1.82) is 0 Å². The summed E-state index contributed by atoms with van der Waals surface area (Å²) in [7, 11) is 0. The Morgan fingerprint density at radius 2 is 0.969 bits per heavy atom. The normalized spacial score (nSPS) is 18.4. The number of esters is 2. The van der Waals surface area contributed by atoms with Gasteiger partial charge in [0.25, 0.3) is 0 Å². The third kappa shape index (κ3) is 3.96. The Morgan fingerprint density at radius 1 is 0.562 bits per heavy atom. The zero-order chi connectivity index (χ0) is 21.9. The van der Waals surface area contributed by atoms with Crippen molar-refractivity contribution in [3.63, 3.8) is 0 Å². The standard InChI is InChI=1S/C28H24O4/c29-27(23-15-7-11-19-9-1-3-13-21(19)23)31-25-17-5-6-18-26(25)32-28(30)24-16-8-12-20-10-2-4-14-22(20)24/h1-4,7-16,25-26H,5-6,17-18H2/t25-,26-/m0/s1. The second-order valence-corrected chi connectivity index (χ2v) is 8.23. The lowest BCUT2D eigenvalue weighted by molar-refractivity contribution is -0.0512. The van der Waals surface area contributed by atoms with Gasteiger partial charge in [-0.15, -0.1) is 0 Å². The molecule has 0 radical (unpaired) electrons. The molecule has 5 rings (SSSR count). The van der Waals surface area contributed by atoms with Gasteiger partial charge in [-0.25, -0.2) is 9.59 Å². The van der Waals surface area contributed by atoms with Crippen molar-refractivity contribution >= 4 is 33.5 Å². The molecule has 1 aliphatic rings. The zero-order valence-electron chi connectivity index (χ0n) is 17.7. The summed E-state index contributed by atoms with van der Waals surface area (Å²) in [6, 6.07) is 26.7. The molecule has 0 amide bonds. The smallest absolute Gasteiger partial charge is 0.339 e. The third-order valence-corrected chi connectivity index (χ3v) is 6.18. The van der Waals surface area contributed by atoms with Gasteiger partial charge in [-0.05, 0) is 59.4 Å². The fourth-order valence-corrected chi connectivity index (χ4v) is 4.54. The summed E-state index contributed by atoms with van der Waals surface area (Å²) in [6.07, 6.45) is 2.35. The quantitative estimate of drug-likeness (QED) is 0.360. The summed E-state index contributed by atoms with van der Waals surface area (Å²) in [5.41, 5.74) is 1.07. The van der Waals surface area contributed by atoms with E-state index in [1.54, 1.807) is 12.1 Å². The average Bonchev–Trinajstić information content (AvgIpc) is 2.84. The van der Waals surface area contributed by atoms with Crippen molar-refractivity contribution in [1.82, 2.24) is 0 Å². The number of fused-ring (bicyclic) bond motifs is 2. The molecule has 1 aliphatic carbocycles. The van der Waals surface area contributed by atoms with Gasteiger partial charge in [-0.3, -0.25) is 0 Å². The lowest BCUT2D eigenvalue weighted by atomic mass is 9.94. The summed E-state index contributed by atoms with van der Waals surface area (Å²) in [5, 5.41) is 3.70. The molecule has 0 N–H and O–H groups in total. The number of benzene rings is 4. The van der Waals surface area contributed by atoms with Gasteiger partial charge in [0.05, 0.1) is 11.1 Å². The summed E-state index contributed by atoms with van der Waals surface area (Å²) in [5.74, 6) is -0.750. The molecule has 4 nitrogen and oxygen atoms in total. The van der Waals surface area contributed by atoms with Crippen LogP contribution in [0, 0.1) is 0 Å². The summed E-state index contributed by atoms with van der Waals surface area (Å²) < 4.78 is 11.8. The average molecular weight is 424 g/mol. The van der Waals surface area contributed by atoms with Gasteiger partial charge in [0.2, 0.25) is 0 Å². The Kier molecular flexibility index (Phi) is 5.59. The van der Waals surface area contributed by atoms with Gasteiger partial charge in [-0.1, -0.05) is 72.8 Å². The van der Waals surface area contributed by atoms with E-state index in [1.165, 1.54) is 0 Å². The Bertz CT molecular complexity index is 1180. The zero-order valence-corrected chi connectivity index (χ0v) is 17.7. The monoisotopic (exact) mass is 424 g/mol. The maximum absolute atomic E-state index is 13.0. The van der Waals surface area contributed by atoms with E-state index >= 15 is 0 Å². The van der Waals surface area contributed by atoms with E-state index in [4.69, 9.17) is 9.47 Å². The number of carbonyl (C=O) groups excluding carboxylic acids is 2. The first-order chi connectivity index (χ1) is 15.7. The van der Waals surface area contributed by atoms with Gasteiger partial charge >= 0.3 is 11.9 Å². The van der Waals surface area contributed by atoms with Crippen LogP contribution in [0.1, 0.15) is 46.4 Å². The van der Waals surface area contributed by atoms with Crippen molar-refractivity contribution in [2.45, 2.75) is 37.9 Å². The fraction of sp³-hybridized carbons (Fsp3) is 0.214. The minimum atomic E-state index is -0.450. The molecular formula is C28H24O4. The van der Waals surface area contributed by atoms with Crippen molar-refractivity contribution in [3.05, 3.63) is 96.1 Å². The molecule has 4 aromatic carbocycles. The molecular weight excluding hydrogens is 400 g/mol. The van der Waals surface area contributed by atoms with Crippen LogP contribution in [-0.4, -0.2) is 24.1 Å². The van der Waals surface area contributed by atoms with Crippen molar-refractivity contribution in [2.75, 3.05) is 0 Å². The Morgan fingerprint density at radius 3 is 1.44 bits per heavy atom. The lowest BCUT2D eigenvalue weighted by Gasteiger charge is -2.31. The van der Waals surface area contributed by atoms with Crippen molar-refractivity contribution in [3.8, 4) is 0 Å². The van der Waals surface area contributed by atoms with E-state index in [0.717, 1.165) is 34.4 Å². The molecule has 4 heteroatoms. The van der Waals surface area contributed by atoms with Crippen LogP contribution in [0.25, 0.3) is 21.5 Å². The van der Waals surface area contributed by atoms with Crippen LogP contribution < -0.4 is 0 Å². The van der Waals surface area contributed by atoms with Gasteiger partial charge in [0.15, 0.2) is 0 Å². The van der Waals surface area contributed by atoms with E-state index < -0.39 is 12.2 Å². The molecule has 0 bridgehead atoms. The first kappa shape index (κ1) is 20.3. The molecule has 1 fully saturated rings. The largest absolute Gasteiger partial charge is 0.455 e. The minimum Gasteiger partial charge on any atom is -0.455 e. The van der Waals surface area contributed by atoms with Crippen molar-refractivity contribution < 1.29 is 19.1 Å². The van der Waals surface area contributed by atoms with Crippen LogP contribution >= 0.6 is 0 Å². The Balaban J connectivity index is 1.36. The highest BCUT2D eigenvalue weighted by Crippen LogP contribution is 2.28. The number of carbonyl (C=O) groups is 2. The number of hydrogen-bond donors (Lipinski definition) is 0. The first-order valence-electron chi connectivity index (χ1n) is 11.1. The molecule has 0 aromatic heterocycles. The topological polar surface area (TPSA) is 52.6 Å². The third-order valence-electron chi connectivity index (χ3n) is 6.18. The van der Waals surface area contributed by atoms with Gasteiger partial charge in [0, 0.05) is 0 Å². The van der Waals surface area contributed by atoms with E-state index in [9.17, 15) is 9.59 Å². The highest BCUT2D eigenvalue weighted by atomic mass is 16.6. The Hall–Kier alpha value is -3.66. The highest BCUT2D eigenvalue weighted by Gasteiger charge is 2.32. The second kappa shape index (κ2) is 8.83. The maximum atomic E-state index is 13.0. The van der Waals surface area contributed by atoms with Gasteiger partial charge in [0.1, 0.15) is 12.2 Å². The molecule has 32 heavy (non-hydrogen) atoms. The van der Waals surface area contributed by atoms with Crippen LogP contribution in [0.5, 0.6) is 0 Å². The molecule has 2 atom stereocenters. The van der Waals surface area contributed by atoms with Crippen LogP contribution in [0.3, 0.4) is 0 Å². The minimum absolute atomic E-state index is 0.375. The lowest BCUT2D eigenvalue weighted by Crippen LogP contribution is -2.38. The number of hydrogen-bond acceptors (Lipinski definition) is 4. The number of ether oxygens (including phenoxy) is 2. The predicted octanol–water partition coefficient (Wildman–Crippen LogP) is 6.32. The second-order valence-electron chi connectivity index (χ2n) is 8.23. The summed E-state index contributed by atoms with van der Waals surface area (Å²) in [6.45, 7) is 0. The molecule has 0 saturated heterocycles. The van der Waals surface area contributed by atoms with Crippen LogP contribution in [0.2, 0.25) is 0 Å². The van der Waals surface area contributed by atoms with E-state index in [0.29, 0.717) is 24.0 Å². The van der Waals surface area contributed by atoms with Gasteiger partial charge < -0.3 is 9.47 Å². The van der Waals surface area contributed by atoms with Crippen molar-refractivity contribution in [2.24, 2.45) is 0 Å². The SMILES string of the molecule is O=C(O[C@H]1CCCC[C@@H]1OC(=O)c1cccc2ccccc12)c1cccc2ccccc12. The molecule has 160 valence electrons. The van der Waals surface area contributed by atoms with Crippen LogP contribution in [0.4, 0.5) is 0 Å². The van der Waals surface area contributed by atoms with Gasteiger partial charge in [-0.2, -0.15) is 0 Å². The fourth-order valence-electron chi connectivity index (χ4n) is 4.54. The summed E-state index contributed by atoms with van der Waals surface area (Å²) in [4.78, 5) is 26.1. The molecule has 4 aromatic rings.